The molecule has 1 amide bonds. The average molecular weight is 292 g/mol. The van der Waals surface area contributed by atoms with Crippen LogP contribution in [0.3, 0.4) is 0 Å². The van der Waals surface area contributed by atoms with Gasteiger partial charge in [0.15, 0.2) is 11.5 Å². The Morgan fingerprint density at radius 3 is 2.81 bits per heavy atom. The van der Waals surface area contributed by atoms with E-state index in [4.69, 9.17) is 15.2 Å². The molecule has 0 aromatic heterocycles. The minimum absolute atomic E-state index is 0.201. The van der Waals surface area contributed by atoms with Gasteiger partial charge in [-0.3, -0.25) is 4.79 Å². The minimum Gasteiger partial charge on any atom is -0.454 e. The second-order valence-electron chi connectivity index (χ2n) is 5.19. The number of carbonyl (C=O) groups is 1. The Hall–Kier alpha value is -1.75. The Bertz CT molecular complexity index is 477. The summed E-state index contributed by atoms with van der Waals surface area (Å²) in [6, 6.07) is 5.84. The van der Waals surface area contributed by atoms with E-state index in [0.29, 0.717) is 26.1 Å². The molecule has 1 aromatic carbocycles. The van der Waals surface area contributed by atoms with Crippen molar-refractivity contribution in [3.63, 3.8) is 0 Å². The maximum Gasteiger partial charge on any atom is 0.231 e. The number of benzene rings is 1. The number of amides is 1. The molecule has 1 aromatic rings. The van der Waals surface area contributed by atoms with Gasteiger partial charge >= 0.3 is 0 Å². The Morgan fingerprint density at radius 1 is 1.24 bits per heavy atom. The first kappa shape index (κ1) is 15.6. The van der Waals surface area contributed by atoms with Gasteiger partial charge in [-0.1, -0.05) is 12.5 Å². The van der Waals surface area contributed by atoms with Crippen molar-refractivity contribution in [2.45, 2.75) is 39.2 Å². The van der Waals surface area contributed by atoms with E-state index >= 15 is 0 Å². The van der Waals surface area contributed by atoms with Crippen LogP contribution in [0.1, 0.15) is 38.2 Å². The average Bonchev–Trinajstić information content (AvgIpc) is 2.96. The summed E-state index contributed by atoms with van der Waals surface area (Å²) < 4.78 is 10.7. The maximum atomic E-state index is 12.2. The van der Waals surface area contributed by atoms with Gasteiger partial charge in [-0.05, 0) is 44.0 Å². The summed E-state index contributed by atoms with van der Waals surface area (Å²) in [4.78, 5) is 14.1. The van der Waals surface area contributed by atoms with Crippen LogP contribution < -0.4 is 15.2 Å². The summed E-state index contributed by atoms with van der Waals surface area (Å²) in [7, 11) is 0. The lowest BCUT2D eigenvalue weighted by Crippen LogP contribution is -2.30. The third kappa shape index (κ3) is 4.36. The molecule has 2 N–H and O–H groups in total. The van der Waals surface area contributed by atoms with Crippen molar-refractivity contribution in [3.05, 3.63) is 23.8 Å². The van der Waals surface area contributed by atoms with Crippen LogP contribution in [0.25, 0.3) is 0 Å². The molecule has 0 saturated carbocycles. The number of fused-ring (bicyclic) bond motifs is 1. The molecule has 0 atom stereocenters. The van der Waals surface area contributed by atoms with Gasteiger partial charge in [0.2, 0.25) is 12.7 Å². The van der Waals surface area contributed by atoms with Crippen LogP contribution in [0.4, 0.5) is 0 Å². The number of carbonyl (C=O) groups excluding carboxylic acids is 1. The van der Waals surface area contributed by atoms with Crippen molar-refractivity contribution in [3.8, 4) is 11.5 Å². The van der Waals surface area contributed by atoms with E-state index in [-0.39, 0.29) is 12.7 Å². The molecule has 0 radical (unpaired) electrons. The molecule has 2 rings (SSSR count). The van der Waals surface area contributed by atoms with Crippen LogP contribution in [0.15, 0.2) is 18.2 Å². The van der Waals surface area contributed by atoms with E-state index in [1.165, 1.54) is 0 Å². The van der Waals surface area contributed by atoms with Gasteiger partial charge in [-0.2, -0.15) is 0 Å². The number of hydrogen-bond donors (Lipinski definition) is 1. The Morgan fingerprint density at radius 2 is 2.05 bits per heavy atom. The zero-order chi connectivity index (χ0) is 15.1. The summed E-state index contributed by atoms with van der Waals surface area (Å²) in [6.07, 6.45) is 3.51. The van der Waals surface area contributed by atoms with Gasteiger partial charge in [0.05, 0.1) is 0 Å². The number of nitrogens with two attached hydrogens (primary N) is 1. The van der Waals surface area contributed by atoms with Gasteiger partial charge in [0.1, 0.15) is 0 Å². The highest BCUT2D eigenvalue weighted by Crippen LogP contribution is 2.32. The summed E-state index contributed by atoms with van der Waals surface area (Å²) in [5.74, 6) is 1.74. The molecule has 0 unspecified atom stereocenters. The molecule has 21 heavy (non-hydrogen) atoms. The first-order valence-corrected chi connectivity index (χ1v) is 7.61. The zero-order valence-corrected chi connectivity index (χ0v) is 12.6. The summed E-state index contributed by atoms with van der Waals surface area (Å²) >= 11 is 0. The summed E-state index contributed by atoms with van der Waals surface area (Å²) in [6.45, 7) is 4.30. The maximum absolute atomic E-state index is 12.2. The normalized spacial score (nSPS) is 12.5. The number of hydrogen-bond acceptors (Lipinski definition) is 4. The molecule has 1 aliphatic rings. The molecule has 1 heterocycles. The van der Waals surface area contributed by atoms with Crippen molar-refractivity contribution in [2.75, 3.05) is 19.9 Å². The molecule has 0 aliphatic carbocycles. The molecule has 1 aliphatic heterocycles. The molecular weight excluding hydrogens is 268 g/mol. The first-order chi connectivity index (χ1) is 10.2. The van der Waals surface area contributed by atoms with Crippen molar-refractivity contribution in [1.82, 2.24) is 4.90 Å². The third-order valence-electron chi connectivity index (χ3n) is 3.64. The fourth-order valence-corrected chi connectivity index (χ4v) is 2.39. The molecule has 0 saturated heterocycles. The highest BCUT2D eigenvalue weighted by molar-refractivity contribution is 5.76. The molecular formula is C16H24N2O3. The van der Waals surface area contributed by atoms with Crippen LogP contribution in [0.2, 0.25) is 0 Å². The molecule has 0 spiro atoms. The third-order valence-corrected chi connectivity index (χ3v) is 3.64. The lowest BCUT2D eigenvalue weighted by Gasteiger charge is -2.21. The van der Waals surface area contributed by atoms with E-state index in [1.54, 1.807) is 0 Å². The van der Waals surface area contributed by atoms with Crippen LogP contribution in [0, 0.1) is 0 Å². The van der Waals surface area contributed by atoms with Gasteiger partial charge in [-0.15, -0.1) is 0 Å². The second kappa shape index (κ2) is 7.88. The number of rotatable bonds is 8. The fraction of sp³-hybridized carbons (Fsp3) is 0.562. The van der Waals surface area contributed by atoms with Gasteiger partial charge in [0, 0.05) is 19.5 Å². The SMILES string of the molecule is CCN(Cc1ccc2c(c1)OCO2)C(=O)CCCCCN. The minimum atomic E-state index is 0.201. The number of nitrogens with zero attached hydrogens (tertiary/aromatic N) is 1. The van der Waals surface area contributed by atoms with Crippen LogP contribution in [0.5, 0.6) is 11.5 Å². The number of unbranched alkanes of at least 4 members (excludes halogenated alkanes) is 2. The van der Waals surface area contributed by atoms with Crippen molar-refractivity contribution >= 4 is 5.91 Å². The quantitative estimate of drug-likeness (QED) is 0.747. The second-order valence-corrected chi connectivity index (χ2v) is 5.19. The van der Waals surface area contributed by atoms with Gasteiger partial charge in [0.25, 0.3) is 0 Å². The van der Waals surface area contributed by atoms with E-state index < -0.39 is 0 Å². The Balaban J connectivity index is 1.88. The van der Waals surface area contributed by atoms with Gasteiger partial charge in [-0.25, -0.2) is 0 Å². The van der Waals surface area contributed by atoms with E-state index in [1.807, 2.05) is 30.0 Å². The molecule has 5 heteroatoms. The Kier molecular flexibility index (Phi) is 5.87. The largest absolute Gasteiger partial charge is 0.454 e. The van der Waals surface area contributed by atoms with E-state index in [2.05, 4.69) is 0 Å². The topological polar surface area (TPSA) is 64.8 Å². The van der Waals surface area contributed by atoms with Crippen molar-refractivity contribution < 1.29 is 14.3 Å². The monoisotopic (exact) mass is 292 g/mol. The predicted octanol–water partition coefficient (Wildman–Crippen LogP) is 2.28. The van der Waals surface area contributed by atoms with Crippen molar-refractivity contribution in [2.24, 2.45) is 5.73 Å². The van der Waals surface area contributed by atoms with Crippen molar-refractivity contribution in [1.29, 1.82) is 0 Å². The van der Waals surface area contributed by atoms with Crippen LogP contribution >= 0.6 is 0 Å². The highest BCUT2D eigenvalue weighted by Gasteiger charge is 2.16. The number of ether oxygens (including phenoxy) is 2. The molecule has 116 valence electrons. The first-order valence-electron chi connectivity index (χ1n) is 7.61. The van der Waals surface area contributed by atoms with E-state index in [0.717, 1.165) is 36.3 Å². The lowest BCUT2D eigenvalue weighted by molar-refractivity contribution is -0.131. The smallest absolute Gasteiger partial charge is 0.231 e. The predicted molar refractivity (Wildman–Crippen MR) is 81.2 cm³/mol. The zero-order valence-electron chi connectivity index (χ0n) is 12.6. The fourth-order valence-electron chi connectivity index (χ4n) is 2.39. The summed E-state index contributed by atoms with van der Waals surface area (Å²) in [5.41, 5.74) is 6.53. The van der Waals surface area contributed by atoms with Crippen LogP contribution in [-0.4, -0.2) is 30.7 Å². The molecule has 0 bridgehead atoms. The highest BCUT2D eigenvalue weighted by atomic mass is 16.7. The standard InChI is InChI=1S/C16H24N2O3/c1-2-18(16(19)6-4-3-5-9-17)11-13-7-8-14-15(10-13)21-12-20-14/h7-8,10H,2-6,9,11-12,17H2,1H3. The molecule has 0 fully saturated rings. The molecule has 5 nitrogen and oxygen atoms in total. The lowest BCUT2D eigenvalue weighted by atomic mass is 10.1. The Labute approximate surface area is 126 Å². The van der Waals surface area contributed by atoms with E-state index in [9.17, 15) is 4.79 Å². The van der Waals surface area contributed by atoms with Crippen LogP contribution in [-0.2, 0) is 11.3 Å². The van der Waals surface area contributed by atoms with Gasteiger partial charge < -0.3 is 20.1 Å². The summed E-state index contributed by atoms with van der Waals surface area (Å²) in [5, 5.41) is 0.